The molecule has 11 nitrogen and oxygen atoms in total. The van der Waals surface area contributed by atoms with E-state index in [1.165, 1.54) is 19.3 Å². The molecule has 2 aromatic rings. The molecule has 204 valence electrons. The molecule has 3 amide bonds. The van der Waals surface area contributed by atoms with Crippen LogP contribution in [0, 0.1) is 0 Å². The molecule has 3 aliphatic heterocycles. The van der Waals surface area contributed by atoms with Crippen molar-refractivity contribution in [3.63, 3.8) is 0 Å². The van der Waals surface area contributed by atoms with E-state index >= 15 is 0 Å². The van der Waals surface area contributed by atoms with Crippen molar-refractivity contribution in [2.75, 3.05) is 19.6 Å². The summed E-state index contributed by atoms with van der Waals surface area (Å²) >= 11 is 0. The average Bonchev–Trinajstić information content (AvgIpc) is 3.48. The van der Waals surface area contributed by atoms with Crippen molar-refractivity contribution in [1.29, 1.82) is 0 Å². The van der Waals surface area contributed by atoms with E-state index in [9.17, 15) is 27.6 Å². The van der Waals surface area contributed by atoms with Crippen molar-refractivity contribution in [2.45, 2.75) is 57.3 Å². The van der Waals surface area contributed by atoms with Crippen LogP contribution in [0.5, 0.6) is 0 Å². The van der Waals surface area contributed by atoms with Gasteiger partial charge in [0.1, 0.15) is 6.04 Å². The number of aliphatic carboxylic acids is 1. The number of amides is 3. The number of alkyl halides is 3. The summed E-state index contributed by atoms with van der Waals surface area (Å²) in [4.78, 5) is 49.4. The van der Waals surface area contributed by atoms with Gasteiger partial charge in [0.2, 0.25) is 11.8 Å². The van der Waals surface area contributed by atoms with E-state index in [0.29, 0.717) is 18.5 Å². The molecule has 14 heteroatoms. The number of carboxylic acid groups (broad SMARTS) is 1. The standard InChI is InChI=1S/C22H26N6O3.C2HF3O2/c29-20-7-6-19(21(30)23-20)27-13-15-12-17(4-5-18(15)22(27)31)28-14-16(24-25-28)8-11-26-9-2-1-3-10-26;3-2(4,5)1(6)7/h4-5,12,14,19H,1-3,6-11,13H2,(H,23,29,30);(H,6,7). The Morgan fingerprint density at radius 3 is 2.50 bits per heavy atom. The van der Waals surface area contributed by atoms with E-state index in [-0.39, 0.29) is 18.2 Å². The number of rotatable bonds is 5. The topological polar surface area (TPSA) is 138 Å². The molecule has 3 aliphatic rings. The zero-order valence-electron chi connectivity index (χ0n) is 20.4. The number of hydrogen-bond acceptors (Lipinski definition) is 7. The van der Waals surface area contributed by atoms with Crippen molar-refractivity contribution in [3.8, 4) is 5.69 Å². The Labute approximate surface area is 215 Å². The van der Waals surface area contributed by atoms with Crippen LogP contribution in [-0.4, -0.2) is 85.4 Å². The summed E-state index contributed by atoms with van der Waals surface area (Å²) in [5, 5.41) is 18.0. The van der Waals surface area contributed by atoms with Crippen LogP contribution in [0.4, 0.5) is 13.2 Å². The predicted molar refractivity (Wildman–Crippen MR) is 125 cm³/mol. The van der Waals surface area contributed by atoms with Crippen molar-refractivity contribution in [3.05, 3.63) is 41.2 Å². The lowest BCUT2D eigenvalue weighted by molar-refractivity contribution is -0.192. The summed E-state index contributed by atoms with van der Waals surface area (Å²) in [7, 11) is 0. The van der Waals surface area contributed by atoms with Gasteiger partial charge in [-0.05, 0) is 56.1 Å². The molecule has 2 saturated heterocycles. The van der Waals surface area contributed by atoms with Crippen LogP contribution in [0.1, 0.15) is 53.7 Å². The molecular formula is C24H27F3N6O5. The molecule has 5 rings (SSSR count). The fraction of sp³-hybridized carbons (Fsp3) is 0.500. The van der Waals surface area contributed by atoms with E-state index in [0.717, 1.165) is 43.0 Å². The molecule has 0 aliphatic carbocycles. The van der Waals surface area contributed by atoms with Gasteiger partial charge in [-0.15, -0.1) is 5.10 Å². The lowest BCUT2D eigenvalue weighted by Gasteiger charge is -2.29. The highest BCUT2D eigenvalue weighted by molar-refractivity contribution is 6.05. The van der Waals surface area contributed by atoms with E-state index in [1.54, 1.807) is 15.6 Å². The van der Waals surface area contributed by atoms with E-state index in [4.69, 9.17) is 9.90 Å². The van der Waals surface area contributed by atoms with Gasteiger partial charge in [-0.1, -0.05) is 11.6 Å². The largest absolute Gasteiger partial charge is 0.490 e. The number of imide groups is 1. The fourth-order valence-corrected chi connectivity index (χ4v) is 4.70. The Kier molecular flexibility index (Phi) is 8.09. The Hall–Kier alpha value is -3.81. The maximum Gasteiger partial charge on any atom is 0.490 e. The van der Waals surface area contributed by atoms with Gasteiger partial charge in [0.25, 0.3) is 5.91 Å². The third-order valence-electron chi connectivity index (χ3n) is 6.69. The minimum Gasteiger partial charge on any atom is -0.475 e. The molecule has 38 heavy (non-hydrogen) atoms. The zero-order valence-corrected chi connectivity index (χ0v) is 20.4. The highest BCUT2D eigenvalue weighted by Crippen LogP contribution is 2.29. The number of fused-ring (bicyclic) bond motifs is 1. The second kappa shape index (κ2) is 11.3. The first kappa shape index (κ1) is 27.2. The Bertz CT molecular complexity index is 1220. The normalized spacial score (nSPS) is 20.0. The Morgan fingerprint density at radius 1 is 1.13 bits per heavy atom. The molecule has 4 heterocycles. The summed E-state index contributed by atoms with van der Waals surface area (Å²) in [6.45, 7) is 3.68. The van der Waals surface area contributed by atoms with Crippen molar-refractivity contribution in [1.82, 2.24) is 30.1 Å². The van der Waals surface area contributed by atoms with E-state index in [2.05, 4.69) is 20.5 Å². The first-order valence-corrected chi connectivity index (χ1v) is 12.2. The lowest BCUT2D eigenvalue weighted by atomic mass is 10.0. The van der Waals surface area contributed by atoms with Crippen LogP contribution in [0.25, 0.3) is 5.69 Å². The number of nitrogens with zero attached hydrogens (tertiary/aromatic N) is 5. The number of benzene rings is 1. The lowest BCUT2D eigenvalue weighted by Crippen LogP contribution is -2.52. The van der Waals surface area contributed by atoms with Crippen LogP contribution in [0.3, 0.4) is 0 Å². The highest BCUT2D eigenvalue weighted by Gasteiger charge is 2.39. The molecule has 2 N–H and O–H groups in total. The number of carbonyl (C=O) groups is 4. The van der Waals surface area contributed by atoms with Gasteiger partial charge >= 0.3 is 12.1 Å². The first-order valence-electron chi connectivity index (χ1n) is 12.2. The maximum absolute atomic E-state index is 12.8. The number of halogens is 3. The van der Waals surface area contributed by atoms with Gasteiger partial charge in [0.05, 0.1) is 17.6 Å². The monoisotopic (exact) mass is 536 g/mol. The van der Waals surface area contributed by atoms with Crippen molar-refractivity contribution >= 4 is 23.7 Å². The maximum atomic E-state index is 12.8. The number of likely N-dealkylation sites (tertiary alicyclic amines) is 1. The van der Waals surface area contributed by atoms with E-state index in [1.807, 2.05) is 18.3 Å². The molecule has 1 aromatic carbocycles. The molecule has 0 spiro atoms. The number of aromatic nitrogens is 3. The average molecular weight is 537 g/mol. The number of hydrogen-bond donors (Lipinski definition) is 2. The molecular weight excluding hydrogens is 509 g/mol. The Morgan fingerprint density at radius 2 is 1.84 bits per heavy atom. The van der Waals surface area contributed by atoms with Gasteiger partial charge in [0, 0.05) is 31.5 Å². The summed E-state index contributed by atoms with van der Waals surface area (Å²) in [6.07, 6.45) is 2.22. The van der Waals surface area contributed by atoms with Crippen LogP contribution in [0.2, 0.25) is 0 Å². The SMILES string of the molecule is O=C(O)C(F)(F)F.O=C1CCC(N2Cc3cc(-n4cc(CCN5CCCCC5)nn4)ccc3C2=O)C(=O)N1. The smallest absolute Gasteiger partial charge is 0.475 e. The highest BCUT2D eigenvalue weighted by atomic mass is 19.4. The Balaban J connectivity index is 0.000000426. The molecule has 1 unspecified atom stereocenters. The van der Waals surface area contributed by atoms with Crippen molar-refractivity contribution < 1.29 is 37.5 Å². The number of nitrogens with one attached hydrogen (secondary N) is 1. The van der Waals surface area contributed by atoms with Gasteiger partial charge in [-0.3, -0.25) is 19.7 Å². The molecule has 0 radical (unpaired) electrons. The van der Waals surface area contributed by atoms with Crippen molar-refractivity contribution in [2.24, 2.45) is 0 Å². The van der Waals surface area contributed by atoms with Crippen LogP contribution < -0.4 is 5.32 Å². The summed E-state index contributed by atoms with van der Waals surface area (Å²) < 4.78 is 33.5. The molecule has 1 atom stereocenters. The number of carbonyl (C=O) groups excluding carboxylic acids is 3. The van der Waals surface area contributed by atoms with E-state index < -0.39 is 24.1 Å². The molecule has 2 fully saturated rings. The quantitative estimate of drug-likeness (QED) is 0.551. The second-order valence-corrected chi connectivity index (χ2v) is 9.35. The van der Waals surface area contributed by atoms with Gasteiger partial charge in [-0.25, -0.2) is 9.48 Å². The summed E-state index contributed by atoms with van der Waals surface area (Å²) in [5.74, 6) is -3.61. The predicted octanol–water partition coefficient (Wildman–Crippen LogP) is 1.69. The minimum absolute atomic E-state index is 0.170. The summed E-state index contributed by atoms with van der Waals surface area (Å²) in [5.41, 5.74) is 3.25. The third-order valence-corrected chi connectivity index (χ3v) is 6.69. The summed E-state index contributed by atoms with van der Waals surface area (Å²) in [6, 6.07) is 4.97. The fourth-order valence-electron chi connectivity index (χ4n) is 4.70. The number of piperidine rings is 2. The minimum atomic E-state index is -5.08. The van der Waals surface area contributed by atoms with Gasteiger partial charge in [0.15, 0.2) is 0 Å². The second-order valence-electron chi connectivity index (χ2n) is 9.35. The molecule has 0 saturated carbocycles. The first-order chi connectivity index (χ1) is 18.0. The molecule has 0 bridgehead atoms. The zero-order chi connectivity index (χ0) is 27.4. The van der Waals surface area contributed by atoms with Crippen LogP contribution in [-0.2, 0) is 27.3 Å². The van der Waals surface area contributed by atoms with Crippen LogP contribution in [0.15, 0.2) is 24.4 Å². The number of carboxylic acids is 1. The third kappa shape index (κ3) is 6.36. The van der Waals surface area contributed by atoms with Gasteiger partial charge in [-0.2, -0.15) is 13.2 Å². The molecule has 1 aromatic heterocycles. The van der Waals surface area contributed by atoms with Crippen LogP contribution >= 0.6 is 0 Å². The van der Waals surface area contributed by atoms with Gasteiger partial charge < -0.3 is 14.9 Å².